The van der Waals surface area contributed by atoms with E-state index in [0.717, 1.165) is 17.3 Å². The fourth-order valence-electron chi connectivity index (χ4n) is 1.96. The average Bonchev–Trinajstić information content (AvgIpc) is 2.76. The number of aliphatic hydroxyl groups excluding tert-OH is 1. The highest BCUT2D eigenvalue weighted by Gasteiger charge is 2.49. The predicted molar refractivity (Wildman–Crippen MR) is 81.2 cm³/mol. The topological polar surface area (TPSA) is 61.7 Å². The number of amides is 1. The molecular weight excluding hydrogens is 291 g/mol. The van der Waals surface area contributed by atoms with Gasteiger partial charge in [0.05, 0.1) is 12.1 Å². The van der Waals surface area contributed by atoms with Crippen LogP contribution < -0.4 is 5.32 Å². The van der Waals surface area contributed by atoms with E-state index in [-0.39, 0.29) is 11.9 Å². The standard InChI is InChI=1S/C15H15FN2O2S/c1-4-15(10(3)19)13(20)18-14(21-15)17-9(2)11-5-7-12(16)8-6-11/h1,5-10,19H,2-3H3,(H,17,18,20)/t9-,10+,15+/m0/s1. The van der Waals surface area contributed by atoms with Gasteiger partial charge in [-0.1, -0.05) is 29.8 Å². The molecule has 1 fully saturated rings. The molecule has 3 atom stereocenters. The molecule has 1 saturated heterocycles. The van der Waals surface area contributed by atoms with Crippen LogP contribution in [0, 0.1) is 18.2 Å². The van der Waals surface area contributed by atoms with E-state index in [1.165, 1.54) is 19.1 Å². The molecule has 0 bridgehead atoms. The van der Waals surface area contributed by atoms with Gasteiger partial charge in [0.2, 0.25) is 0 Å². The fourth-order valence-corrected chi connectivity index (χ4v) is 2.99. The van der Waals surface area contributed by atoms with Crippen molar-refractivity contribution in [3.63, 3.8) is 0 Å². The van der Waals surface area contributed by atoms with Crippen LogP contribution in [0.4, 0.5) is 4.39 Å². The van der Waals surface area contributed by atoms with Crippen molar-refractivity contribution < 1.29 is 14.3 Å². The minimum absolute atomic E-state index is 0.268. The molecule has 0 unspecified atom stereocenters. The van der Waals surface area contributed by atoms with Gasteiger partial charge < -0.3 is 10.4 Å². The van der Waals surface area contributed by atoms with Gasteiger partial charge in [-0.25, -0.2) is 4.39 Å². The number of nitrogens with zero attached hydrogens (tertiary/aromatic N) is 1. The van der Waals surface area contributed by atoms with Crippen molar-refractivity contribution in [2.24, 2.45) is 4.99 Å². The van der Waals surface area contributed by atoms with Gasteiger partial charge in [0, 0.05) is 0 Å². The normalized spacial score (nSPS) is 26.2. The first kappa shape index (κ1) is 15.5. The van der Waals surface area contributed by atoms with E-state index in [2.05, 4.69) is 16.2 Å². The number of benzene rings is 1. The minimum atomic E-state index is -1.35. The molecule has 1 aliphatic rings. The lowest BCUT2D eigenvalue weighted by Crippen LogP contribution is -2.44. The van der Waals surface area contributed by atoms with Gasteiger partial charge in [-0.3, -0.25) is 9.79 Å². The van der Waals surface area contributed by atoms with Crippen LogP contribution >= 0.6 is 11.8 Å². The summed E-state index contributed by atoms with van der Waals surface area (Å²) in [5, 5.41) is 12.7. The molecule has 0 radical (unpaired) electrons. The summed E-state index contributed by atoms with van der Waals surface area (Å²) < 4.78 is 11.5. The molecule has 4 nitrogen and oxygen atoms in total. The van der Waals surface area contributed by atoms with Crippen LogP contribution in [0.1, 0.15) is 25.5 Å². The molecule has 0 spiro atoms. The number of aliphatic imine (C=N–C) groups is 1. The van der Waals surface area contributed by atoms with E-state index in [1.807, 2.05) is 6.92 Å². The number of hydrogen-bond donors (Lipinski definition) is 2. The maximum Gasteiger partial charge on any atom is 0.257 e. The third-order valence-electron chi connectivity index (χ3n) is 3.28. The lowest BCUT2D eigenvalue weighted by atomic mass is 10.0. The Hall–Kier alpha value is -1.84. The van der Waals surface area contributed by atoms with E-state index in [0.29, 0.717) is 5.17 Å². The molecule has 0 saturated carbocycles. The van der Waals surface area contributed by atoms with Crippen molar-refractivity contribution in [1.82, 2.24) is 5.32 Å². The predicted octanol–water partition coefficient (Wildman–Crippen LogP) is 1.86. The summed E-state index contributed by atoms with van der Waals surface area (Å²) in [7, 11) is 0. The second-order valence-corrected chi connectivity index (χ2v) is 6.01. The molecule has 1 aromatic rings. The number of carbonyl (C=O) groups is 1. The third kappa shape index (κ3) is 2.94. The van der Waals surface area contributed by atoms with Crippen molar-refractivity contribution in [2.45, 2.75) is 30.7 Å². The Morgan fingerprint density at radius 2 is 2.05 bits per heavy atom. The smallest absolute Gasteiger partial charge is 0.257 e. The highest BCUT2D eigenvalue weighted by atomic mass is 32.2. The highest BCUT2D eigenvalue weighted by molar-refractivity contribution is 8.16. The summed E-state index contributed by atoms with van der Waals surface area (Å²) >= 11 is 1.03. The summed E-state index contributed by atoms with van der Waals surface area (Å²) in [6.45, 7) is 3.30. The summed E-state index contributed by atoms with van der Waals surface area (Å²) in [6, 6.07) is 5.71. The maximum absolute atomic E-state index is 12.9. The number of amidine groups is 1. The maximum atomic E-state index is 12.9. The zero-order chi connectivity index (χ0) is 15.6. The summed E-state index contributed by atoms with van der Waals surface area (Å²) in [5.41, 5.74) is 0.814. The van der Waals surface area contributed by atoms with Crippen molar-refractivity contribution >= 4 is 22.8 Å². The molecule has 110 valence electrons. The summed E-state index contributed by atoms with van der Waals surface area (Å²) in [4.78, 5) is 16.3. The average molecular weight is 306 g/mol. The Labute approximate surface area is 126 Å². The molecule has 1 heterocycles. The van der Waals surface area contributed by atoms with Crippen molar-refractivity contribution in [3.8, 4) is 12.3 Å². The number of hydrogen-bond acceptors (Lipinski definition) is 4. The number of aliphatic hydroxyl groups is 1. The SMILES string of the molecule is C#C[C@]1([C@@H](C)O)SC(=N[C@@H](C)c2ccc(F)cc2)NC1=O. The van der Waals surface area contributed by atoms with Gasteiger partial charge in [-0.2, -0.15) is 0 Å². The summed E-state index contributed by atoms with van der Waals surface area (Å²) in [5.74, 6) is 1.58. The van der Waals surface area contributed by atoms with Crippen LogP contribution in [0.3, 0.4) is 0 Å². The first-order chi connectivity index (χ1) is 9.89. The molecule has 6 heteroatoms. The lowest BCUT2D eigenvalue weighted by Gasteiger charge is -2.20. The first-order valence-corrected chi connectivity index (χ1v) is 7.20. The van der Waals surface area contributed by atoms with E-state index >= 15 is 0 Å². The number of thioether (sulfide) groups is 1. The van der Waals surface area contributed by atoms with Crippen LogP contribution in [0.25, 0.3) is 0 Å². The van der Waals surface area contributed by atoms with Gasteiger partial charge in [0.15, 0.2) is 9.91 Å². The Morgan fingerprint density at radius 1 is 1.43 bits per heavy atom. The molecule has 1 amide bonds. The Kier molecular flexibility index (Phi) is 4.35. The van der Waals surface area contributed by atoms with Crippen molar-refractivity contribution in [1.29, 1.82) is 0 Å². The van der Waals surface area contributed by atoms with Gasteiger partial charge in [0.25, 0.3) is 5.91 Å². The van der Waals surface area contributed by atoms with Crippen molar-refractivity contribution in [2.75, 3.05) is 0 Å². The van der Waals surface area contributed by atoms with Crippen LogP contribution in [0.5, 0.6) is 0 Å². The van der Waals surface area contributed by atoms with Gasteiger partial charge in [-0.15, -0.1) is 6.42 Å². The van der Waals surface area contributed by atoms with Gasteiger partial charge in [-0.05, 0) is 31.5 Å². The molecule has 2 N–H and O–H groups in total. The van der Waals surface area contributed by atoms with Crippen molar-refractivity contribution in [3.05, 3.63) is 35.6 Å². The Bertz CT molecular complexity index is 622. The zero-order valence-corrected chi connectivity index (χ0v) is 12.4. The zero-order valence-electron chi connectivity index (χ0n) is 11.6. The van der Waals surface area contributed by atoms with Crippen LogP contribution in [-0.4, -0.2) is 27.0 Å². The van der Waals surface area contributed by atoms with Gasteiger partial charge in [0.1, 0.15) is 5.82 Å². The second-order valence-electron chi connectivity index (χ2n) is 4.77. The molecule has 0 aromatic heterocycles. The highest BCUT2D eigenvalue weighted by Crippen LogP contribution is 2.35. The number of terminal acetylenes is 1. The number of rotatable bonds is 3. The second kappa shape index (κ2) is 5.88. The monoisotopic (exact) mass is 306 g/mol. The van der Waals surface area contributed by atoms with Crippen LogP contribution in [-0.2, 0) is 4.79 Å². The largest absolute Gasteiger partial charge is 0.390 e. The van der Waals surface area contributed by atoms with E-state index < -0.39 is 16.8 Å². The quantitative estimate of drug-likeness (QED) is 0.838. The number of nitrogens with one attached hydrogen (secondary N) is 1. The molecule has 2 rings (SSSR count). The molecule has 1 aliphatic heterocycles. The van der Waals surface area contributed by atoms with E-state index in [1.54, 1.807) is 12.1 Å². The summed E-state index contributed by atoms with van der Waals surface area (Å²) in [6.07, 6.45) is 4.39. The fraction of sp³-hybridized carbons (Fsp3) is 0.333. The number of carbonyl (C=O) groups excluding carboxylic acids is 1. The van der Waals surface area contributed by atoms with Crippen LogP contribution in [0.15, 0.2) is 29.3 Å². The molecule has 0 aliphatic carbocycles. The van der Waals surface area contributed by atoms with Gasteiger partial charge >= 0.3 is 0 Å². The molecular formula is C15H15FN2O2S. The first-order valence-electron chi connectivity index (χ1n) is 6.38. The Balaban J connectivity index is 2.22. The van der Waals surface area contributed by atoms with E-state index in [4.69, 9.17) is 6.42 Å². The third-order valence-corrected chi connectivity index (χ3v) is 4.65. The minimum Gasteiger partial charge on any atom is -0.390 e. The number of halogens is 1. The van der Waals surface area contributed by atoms with E-state index in [9.17, 15) is 14.3 Å². The van der Waals surface area contributed by atoms with Crippen LogP contribution in [0.2, 0.25) is 0 Å². The molecule has 21 heavy (non-hydrogen) atoms. The Morgan fingerprint density at radius 3 is 2.52 bits per heavy atom. The molecule has 1 aromatic carbocycles. The lowest BCUT2D eigenvalue weighted by molar-refractivity contribution is -0.122.